The van der Waals surface area contributed by atoms with E-state index in [0.29, 0.717) is 43.4 Å². The number of rotatable bonds is 6. The number of ether oxygens (including phenoxy) is 3. The Morgan fingerprint density at radius 2 is 1.69 bits per heavy atom. The van der Waals surface area contributed by atoms with Crippen LogP contribution in [0.4, 0.5) is 5.69 Å². The van der Waals surface area contributed by atoms with Crippen LogP contribution in [0.15, 0.2) is 99.9 Å². The summed E-state index contributed by atoms with van der Waals surface area (Å²) < 4.78 is 21.2. The van der Waals surface area contributed by atoms with Gasteiger partial charge in [0.2, 0.25) is 11.4 Å². The van der Waals surface area contributed by atoms with E-state index < -0.39 is 11.4 Å². The van der Waals surface area contributed by atoms with E-state index in [4.69, 9.17) is 19.2 Å². The molecule has 4 aliphatic carbocycles. The first-order valence-corrected chi connectivity index (χ1v) is 19.7. The first kappa shape index (κ1) is 33.1. The molecule has 0 saturated carbocycles. The van der Waals surface area contributed by atoms with Gasteiger partial charge in [0.15, 0.2) is 0 Å². The standard InChI is InChI=1S/C44H56N4O3/c1-29-19-21-37-39(30(29)2)45-27-43(50-37)41(3,4)33-15-9-11-17-35(33)47(43)23-25-49-26-24-48-36-18-12-10-16-34(36)42(5,6)44(48)28-46-40-32-14-8-7-13-31(32)20-22-38(40)51-44/h7-11,13-17,27,29-32,46H,12,18-26,28H2,1-6H3. The normalized spacial score (nSPS) is 35.0. The summed E-state index contributed by atoms with van der Waals surface area (Å²) in [6.07, 6.45) is 22.2. The van der Waals surface area contributed by atoms with E-state index in [1.807, 2.05) is 0 Å². The molecule has 0 radical (unpaired) electrons. The van der Waals surface area contributed by atoms with E-state index in [2.05, 4.69) is 124 Å². The minimum Gasteiger partial charge on any atom is -0.468 e. The lowest BCUT2D eigenvalue weighted by atomic mass is 9.73. The van der Waals surface area contributed by atoms with Gasteiger partial charge in [-0.1, -0.05) is 68.5 Å². The molecule has 6 unspecified atom stereocenters. The molecule has 4 heterocycles. The SMILES string of the molecule is CC1CCC2=C(N=CC3(O2)N(CCOCCN2C4=C(C=CCC4)C(C)(C)C24CNC2=C(CCC5C=CC=CC25)O4)c2ccccc2C3(C)C)C1C. The molecule has 0 fully saturated rings. The van der Waals surface area contributed by atoms with Crippen LogP contribution in [-0.4, -0.2) is 55.4 Å². The van der Waals surface area contributed by atoms with Gasteiger partial charge in [0.05, 0.1) is 48.2 Å². The van der Waals surface area contributed by atoms with Crippen molar-refractivity contribution in [1.82, 2.24) is 10.2 Å². The van der Waals surface area contributed by atoms with Crippen molar-refractivity contribution in [1.29, 1.82) is 0 Å². The lowest BCUT2D eigenvalue weighted by Gasteiger charge is -2.53. The molecule has 7 nitrogen and oxygen atoms in total. The van der Waals surface area contributed by atoms with Crippen molar-refractivity contribution >= 4 is 11.9 Å². The van der Waals surface area contributed by atoms with Crippen molar-refractivity contribution in [3.05, 3.63) is 100 Å². The smallest absolute Gasteiger partial charge is 0.228 e. The van der Waals surface area contributed by atoms with Crippen LogP contribution < -0.4 is 10.2 Å². The average molecular weight is 689 g/mol. The zero-order valence-electron chi connectivity index (χ0n) is 31.5. The van der Waals surface area contributed by atoms with Crippen molar-refractivity contribution in [2.24, 2.45) is 34.1 Å². The lowest BCUT2D eigenvalue weighted by molar-refractivity contribution is -0.170. The van der Waals surface area contributed by atoms with Gasteiger partial charge in [-0.05, 0) is 82.4 Å². The van der Waals surface area contributed by atoms with Crippen LogP contribution >= 0.6 is 0 Å². The molecule has 1 aromatic rings. The molecule has 270 valence electrons. The Balaban J connectivity index is 0.940. The van der Waals surface area contributed by atoms with Gasteiger partial charge in [0.1, 0.15) is 11.5 Å². The highest BCUT2D eigenvalue weighted by molar-refractivity contribution is 5.85. The monoisotopic (exact) mass is 688 g/mol. The minimum absolute atomic E-state index is 0.180. The first-order valence-electron chi connectivity index (χ1n) is 19.7. The number of fused-ring (bicyclic) bond motifs is 3. The Morgan fingerprint density at radius 3 is 2.55 bits per heavy atom. The molecule has 7 heteroatoms. The highest BCUT2D eigenvalue weighted by Gasteiger charge is 2.62. The molecule has 4 aliphatic heterocycles. The van der Waals surface area contributed by atoms with Gasteiger partial charge in [-0.15, -0.1) is 0 Å². The molecular weight excluding hydrogens is 633 g/mol. The number of anilines is 1. The second-order valence-electron chi connectivity index (χ2n) is 17.2. The minimum atomic E-state index is -0.689. The molecule has 9 rings (SSSR count). The summed E-state index contributed by atoms with van der Waals surface area (Å²) in [7, 11) is 0. The summed E-state index contributed by atoms with van der Waals surface area (Å²) >= 11 is 0. The van der Waals surface area contributed by atoms with Crippen LogP contribution in [0.25, 0.3) is 0 Å². The van der Waals surface area contributed by atoms with Gasteiger partial charge in [-0.3, -0.25) is 4.99 Å². The number of allylic oxidation sites excluding steroid dienone is 10. The predicted molar refractivity (Wildman–Crippen MR) is 204 cm³/mol. The highest BCUT2D eigenvalue weighted by Crippen LogP contribution is 2.58. The zero-order chi connectivity index (χ0) is 35.2. The number of nitrogens with zero attached hydrogens (tertiary/aromatic N) is 3. The third-order valence-corrected chi connectivity index (χ3v) is 14.1. The Kier molecular flexibility index (Phi) is 7.74. The van der Waals surface area contributed by atoms with E-state index in [9.17, 15) is 0 Å². The van der Waals surface area contributed by atoms with Crippen LogP contribution in [0.1, 0.15) is 85.6 Å². The van der Waals surface area contributed by atoms with Gasteiger partial charge < -0.3 is 29.3 Å². The molecule has 1 N–H and O–H groups in total. The van der Waals surface area contributed by atoms with E-state index in [0.717, 1.165) is 68.8 Å². The summed E-state index contributed by atoms with van der Waals surface area (Å²) in [6.45, 7) is 17.5. The second kappa shape index (κ2) is 11.9. The number of para-hydroxylation sites is 1. The molecule has 0 saturated heterocycles. The van der Waals surface area contributed by atoms with Crippen molar-refractivity contribution < 1.29 is 14.2 Å². The highest BCUT2D eigenvalue weighted by atomic mass is 16.5. The van der Waals surface area contributed by atoms with Crippen LogP contribution in [0.3, 0.4) is 0 Å². The van der Waals surface area contributed by atoms with E-state index in [1.54, 1.807) is 0 Å². The fraction of sp³-hybridized carbons (Fsp3) is 0.568. The van der Waals surface area contributed by atoms with Crippen LogP contribution in [-0.2, 0) is 19.6 Å². The zero-order valence-corrected chi connectivity index (χ0v) is 31.5. The summed E-state index contributed by atoms with van der Waals surface area (Å²) in [5, 5.41) is 3.96. The van der Waals surface area contributed by atoms with Crippen LogP contribution in [0.5, 0.6) is 0 Å². The van der Waals surface area contributed by atoms with Gasteiger partial charge in [-0.2, -0.15) is 0 Å². The third kappa shape index (κ3) is 4.68. The number of benzene rings is 1. The van der Waals surface area contributed by atoms with E-state index >= 15 is 0 Å². The predicted octanol–water partition coefficient (Wildman–Crippen LogP) is 8.50. The Labute approximate surface area is 304 Å². The van der Waals surface area contributed by atoms with Gasteiger partial charge in [0.25, 0.3) is 0 Å². The summed E-state index contributed by atoms with van der Waals surface area (Å²) in [5.74, 6) is 4.19. The van der Waals surface area contributed by atoms with Crippen molar-refractivity contribution in [2.45, 2.75) is 96.9 Å². The molecule has 1 aromatic carbocycles. The Hall–Kier alpha value is -3.71. The number of nitrogens with one attached hydrogen (secondary N) is 1. The number of hydrogen-bond acceptors (Lipinski definition) is 7. The second-order valence-corrected chi connectivity index (χ2v) is 17.2. The molecule has 8 aliphatic rings. The Bertz CT molecular complexity index is 1830. The third-order valence-electron chi connectivity index (χ3n) is 14.1. The first-order chi connectivity index (χ1) is 24.6. The van der Waals surface area contributed by atoms with Gasteiger partial charge in [-0.25, -0.2) is 0 Å². The summed E-state index contributed by atoms with van der Waals surface area (Å²) in [4.78, 5) is 10.2. The number of hydrogen-bond donors (Lipinski definition) is 1. The number of aliphatic imine (C=N–C) groups is 1. The maximum absolute atomic E-state index is 7.35. The fourth-order valence-electron chi connectivity index (χ4n) is 10.7. The van der Waals surface area contributed by atoms with Crippen molar-refractivity contribution in [3.8, 4) is 0 Å². The van der Waals surface area contributed by atoms with Crippen molar-refractivity contribution in [3.63, 3.8) is 0 Å². The topological polar surface area (TPSA) is 58.6 Å². The summed E-state index contributed by atoms with van der Waals surface area (Å²) in [5.41, 5.74) is 6.13. The van der Waals surface area contributed by atoms with Gasteiger partial charge >= 0.3 is 0 Å². The maximum atomic E-state index is 7.35. The molecule has 2 spiro atoms. The summed E-state index contributed by atoms with van der Waals surface area (Å²) in [6, 6.07) is 8.79. The van der Waals surface area contributed by atoms with Crippen LogP contribution in [0, 0.1) is 29.1 Å². The molecular formula is C44H56N4O3. The van der Waals surface area contributed by atoms with Crippen LogP contribution in [0.2, 0.25) is 0 Å². The van der Waals surface area contributed by atoms with E-state index in [-0.39, 0.29) is 10.8 Å². The molecule has 0 bridgehead atoms. The molecule has 6 atom stereocenters. The quantitative estimate of drug-likeness (QED) is 0.303. The molecule has 0 aromatic heterocycles. The molecule has 51 heavy (non-hydrogen) atoms. The van der Waals surface area contributed by atoms with Crippen molar-refractivity contribution in [2.75, 3.05) is 37.7 Å². The van der Waals surface area contributed by atoms with Gasteiger partial charge in [0, 0.05) is 49.2 Å². The lowest BCUT2D eigenvalue weighted by Crippen LogP contribution is -2.64. The largest absolute Gasteiger partial charge is 0.468 e. The maximum Gasteiger partial charge on any atom is 0.228 e. The van der Waals surface area contributed by atoms with E-state index in [1.165, 1.54) is 28.2 Å². The average Bonchev–Trinajstić information content (AvgIpc) is 3.43. The Morgan fingerprint density at radius 1 is 0.902 bits per heavy atom. The fourth-order valence-corrected chi connectivity index (χ4v) is 10.7. The molecule has 0 amide bonds.